The van der Waals surface area contributed by atoms with Gasteiger partial charge >= 0.3 is 0 Å². The van der Waals surface area contributed by atoms with Gasteiger partial charge in [0.15, 0.2) is 0 Å². The second kappa shape index (κ2) is 10.4. The van der Waals surface area contributed by atoms with E-state index >= 15 is 0 Å². The topological polar surface area (TPSA) is 16.4 Å². The van der Waals surface area contributed by atoms with Crippen LogP contribution < -0.4 is 4.90 Å². The highest BCUT2D eigenvalue weighted by Gasteiger charge is 2.35. The number of benzene rings is 8. The molecule has 2 nitrogen and oxygen atoms in total. The molecule has 232 valence electrons. The van der Waals surface area contributed by atoms with E-state index in [0.29, 0.717) is 0 Å². The van der Waals surface area contributed by atoms with Gasteiger partial charge in [-0.3, -0.25) is 0 Å². The number of hydrogen-bond donors (Lipinski definition) is 0. The number of anilines is 3. The van der Waals surface area contributed by atoms with Crippen LogP contribution in [0.25, 0.3) is 65.7 Å². The Balaban J connectivity index is 1.17. The maximum absolute atomic E-state index is 6.58. The molecule has 1 heterocycles. The molecule has 0 amide bonds. The van der Waals surface area contributed by atoms with Crippen molar-refractivity contribution in [3.05, 3.63) is 175 Å². The van der Waals surface area contributed by atoms with Crippen LogP contribution in [0.1, 0.15) is 25.0 Å². The fourth-order valence-electron chi connectivity index (χ4n) is 8.08. The van der Waals surface area contributed by atoms with Crippen molar-refractivity contribution in [1.82, 2.24) is 0 Å². The number of fused-ring (bicyclic) bond motifs is 8. The molecule has 0 radical (unpaired) electrons. The van der Waals surface area contributed by atoms with Gasteiger partial charge in [-0.15, -0.1) is 0 Å². The highest BCUT2D eigenvalue weighted by Crippen LogP contribution is 2.51. The van der Waals surface area contributed by atoms with Crippen LogP contribution in [0.15, 0.2) is 168 Å². The molecule has 0 bridgehead atoms. The molecule has 8 aromatic carbocycles. The number of hydrogen-bond acceptors (Lipinski definition) is 2. The van der Waals surface area contributed by atoms with E-state index in [-0.39, 0.29) is 5.41 Å². The molecule has 0 aliphatic heterocycles. The Bertz CT molecular complexity index is 2770. The summed E-state index contributed by atoms with van der Waals surface area (Å²) in [6, 6.07) is 59.6. The van der Waals surface area contributed by atoms with Crippen LogP contribution in [0, 0.1) is 0 Å². The second-order valence-corrected chi connectivity index (χ2v) is 13.8. The monoisotopic (exact) mass is 627 g/mol. The van der Waals surface area contributed by atoms with Gasteiger partial charge in [0.05, 0.1) is 0 Å². The summed E-state index contributed by atoms with van der Waals surface area (Å²) >= 11 is 0. The molecular formula is C47H33NO. The van der Waals surface area contributed by atoms with Crippen molar-refractivity contribution < 1.29 is 4.42 Å². The zero-order valence-electron chi connectivity index (χ0n) is 27.4. The van der Waals surface area contributed by atoms with Gasteiger partial charge in [-0.2, -0.15) is 0 Å². The highest BCUT2D eigenvalue weighted by molar-refractivity contribution is 6.11. The lowest BCUT2D eigenvalue weighted by Crippen LogP contribution is -2.15. The number of nitrogens with zero attached hydrogens (tertiary/aromatic N) is 1. The summed E-state index contributed by atoms with van der Waals surface area (Å²) in [7, 11) is 0. The Kier molecular flexibility index (Phi) is 5.95. The zero-order chi connectivity index (χ0) is 32.7. The Morgan fingerprint density at radius 3 is 1.90 bits per heavy atom. The van der Waals surface area contributed by atoms with Crippen LogP contribution in [0.4, 0.5) is 17.1 Å². The smallest absolute Gasteiger partial charge is 0.137 e. The van der Waals surface area contributed by atoms with E-state index in [9.17, 15) is 0 Å². The van der Waals surface area contributed by atoms with Crippen LogP contribution in [0.3, 0.4) is 0 Å². The molecule has 1 aliphatic rings. The SMILES string of the molecule is CC1(C)c2ccccc2-c2cc(N(c3cccc(-c4ccc5ccccc5c4)c3)c3ccc4c(c3)oc3cc5ccccc5cc34)ccc21. The fourth-order valence-corrected chi connectivity index (χ4v) is 8.08. The largest absolute Gasteiger partial charge is 0.456 e. The molecule has 10 rings (SSSR count). The van der Waals surface area contributed by atoms with E-state index in [2.05, 4.69) is 183 Å². The molecule has 0 unspecified atom stereocenters. The molecule has 1 aromatic heterocycles. The Hall–Kier alpha value is -6.12. The van der Waals surface area contributed by atoms with Crippen LogP contribution in [-0.4, -0.2) is 0 Å². The summed E-state index contributed by atoms with van der Waals surface area (Å²) in [6.45, 7) is 4.67. The quantitative estimate of drug-likeness (QED) is 0.193. The van der Waals surface area contributed by atoms with E-state index in [0.717, 1.165) is 39.0 Å². The third-order valence-corrected chi connectivity index (χ3v) is 10.6. The normalized spacial score (nSPS) is 13.3. The van der Waals surface area contributed by atoms with E-state index in [1.807, 2.05) is 0 Å². The highest BCUT2D eigenvalue weighted by atomic mass is 16.3. The van der Waals surface area contributed by atoms with Crippen LogP contribution in [-0.2, 0) is 5.41 Å². The van der Waals surface area contributed by atoms with Crippen molar-refractivity contribution in [2.45, 2.75) is 19.3 Å². The van der Waals surface area contributed by atoms with Crippen LogP contribution in [0.2, 0.25) is 0 Å². The second-order valence-electron chi connectivity index (χ2n) is 13.8. The summed E-state index contributed by atoms with van der Waals surface area (Å²) in [5, 5.41) is 7.15. The average molecular weight is 628 g/mol. The summed E-state index contributed by atoms with van der Waals surface area (Å²) in [6.07, 6.45) is 0. The van der Waals surface area contributed by atoms with Gasteiger partial charge in [-0.1, -0.05) is 117 Å². The van der Waals surface area contributed by atoms with Crippen molar-refractivity contribution in [3.8, 4) is 22.3 Å². The van der Waals surface area contributed by atoms with Gasteiger partial charge in [0.1, 0.15) is 11.2 Å². The Labute approximate surface area is 285 Å². The van der Waals surface area contributed by atoms with Crippen molar-refractivity contribution in [2.75, 3.05) is 4.90 Å². The molecule has 2 heteroatoms. The first-order valence-electron chi connectivity index (χ1n) is 17.0. The van der Waals surface area contributed by atoms with E-state index in [4.69, 9.17) is 4.42 Å². The molecule has 9 aromatic rings. The lowest BCUT2D eigenvalue weighted by Gasteiger charge is -2.27. The third kappa shape index (κ3) is 4.34. The first-order chi connectivity index (χ1) is 24.0. The summed E-state index contributed by atoms with van der Waals surface area (Å²) in [5.41, 5.74) is 12.7. The minimum absolute atomic E-state index is 0.0536. The predicted molar refractivity (Wildman–Crippen MR) is 206 cm³/mol. The predicted octanol–water partition coefficient (Wildman–Crippen LogP) is 13.3. The molecule has 0 N–H and O–H groups in total. The average Bonchev–Trinajstić information content (AvgIpc) is 3.61. The van der Waals surface area contributed by atoms with Crippen molar-refractivity contribution in [1.29, 1.82) is 0 Å². The maximum atomic E-state index is 6.58. The summed E-state index contributed by atoms with van der Waals surface area (Å²) in [5.74, 6) is 0. The van der Waals surface area contributed by atoms with Gasteiger partial charge in [0.25, 0.3) is 0 Å². The maximum Gasteiger partial charge on any atom is 0.137 e. The van der Waals surface area contributed by atoms with Crippen molar-refractivity contribution in [3.63, 3.8) is 0 Å². The van der Waals surface area contributed by atoms with Gasteiger partial charge < -0.3 is 9.32 Å². The molecule has 0 saturated carbocycles. The number of furan rings is 1. The minimum Gasteiger partial charge on any atom is -0.456 e. The molecule has 1 aliphatic carbocycles. The van der Waals surface area contributed by atoms with Crippen LogP contribution >= 0.6 is 0 Å². The summed E-state index contributed by atoms with van der Waals surface area (Å²) in [4.78, 5) is 2.38. The van der Waals surface area contributed by atoms with E-state index in [1.165, 1.54) is 54.9 Å². The van der Waals surface area contributed by atoms with Gasteiger partial charge in [-0.05, 0) is 110 Å². The molecule has 0 spiro atoms. The van der Waals surface area contributed by atoms with Gasteiger partial charge in [0.2, 0.25) is 0 Å². The van der Waals surface area contributed by atoms with Crippen molar-refractivity contribution >= 4 is 60.5 Å². The summed E-state index contributed by atoms with van der Waals surface area (Å²) < 4.78 is 6.58. The molecule has 49 heavy (non-hydrogen) atoms. The lowest BCUT2D eigenvalue weighted by atomic mass is 9.82. The fraction of sp³-hybridized carbons (Fsp3) is 0.0638. The Morgan fingerprint density at radius 2 is 1.04 bits per heavy atom. The van der Waals surface area contributed by atoms with Gasteiger partial charge in [-0.25, -0.2) is 0 Å². The minimum atomic E-state index is -0.0536. The van der Waals surface area contributed by atoms with Crippen LogP contribution in [0.5, 0.6) is 0 Å². The Morgan fingerprint density at radius 1 is 0.408 bits per heavy atom. The zero-order valence-corrected chi connectivity index (χ0v) is 27.4. The van der Waals surface area contributed by atoms with E-state index < -0.39 is 0 Å². The lowest BCUT2D eigenvalue weighted by molar-refractivity contribution is 0.660. The first-order valence-corrected chi connectivity index (χ1v) is 17.0. The van der Waals surface area contributed by atoms with E-state index in [1.54, 1.807) is 0 Å². The number of rotatable bonds is 4. The van der Waals surface area contributed by atoms with Crippen molar-refractivity contribution in [2.24, 2.45) is 0 Å². The van der Waals surface area contributed by atoms with Gasteiger partial charge in [0, 0.05) is 39.3 Å². The molecule has 0 saturated heterocycles. The molecular weight excluding hydrogens is 595 g/mol. The first kappa shape index (κ1) is 27.9. The molecule has 0 atom stereocenters. The standard InChI is InChI=1S/C47H33NO/c1-47(2)43-17-8-7-16-39(43)41-28-37(21-23-44(41)47)48(36-15-9-14-32(25-36)35-19-18-30-10-3-4-11-31(30)24-35)38-20-22-40-42-26-33-12-5-6-13-34(33)27-45(42)49-46(40)29-38/h3-29H,1-2H3. The molecule has 0 fully saturated rings. The third-order valence-electron chi connectivity index (χ3n) is 10.6.